The van der Waals surface area contributed by atoms with Gasteiger partial charge in [0.05, 0.1) is 59.2 Å². The number of carboxylic acids is 1. The summed E-state index contributed by atoms with van der Waals surface area (Å²) in [4.78, 5) is 123. The molecule has 29 nitrogen and oxygen atoms in total. The number of benzene rings is 4. The number of carboxylic acid groups (broad SMARTS) is 1. The molecular formula is C90H121BN10O19S2U. The van der Waals surface area contributed by atoms with Crippen molar-refractivity contribution in [2.45, 2.75) is 243 Å². The standard InChI is InChI=1S/C45H59N5O9S.C38H46N4O8.C7H15NO2S.BH.U/c1-11-29-25-45(29,40(53)49-60(55,56)44(19-20-44)24-27(2)3)48-38(51)35-22-31(26-50(35)39(52)37(42(4,5)6)47-41(54)59-43(7,8)9)58-36-23-33(28-15-13-12-14-16-28)46-34-21-30(57-10)17-18-32(34)36;1-9-23-20-38(23,34(45)46)41-32(43)29-18-25(21-42(29)33(44)31(36(2,3)4)40-35(47)50-37(5,6)7)49-30-19-27(22-13-11-10-12-14-22)39-28-17-24(48-8)15-16-26(28)30;1-6(2)5-7(3-4-7)11(8,9)10;;/h11-18,21,23,27,29,31,35,37H,1,19-20,22,24-26H2,2-10H3,(H,47,54)(H,48,51)(H,49,53);9-17,19,23,25,29,31H,1,18,20-21H2,2-8H3,(H,40,47)(H,41,43)(H,45,46);6H,3-5H2,1-2H3,(H2,8,9,10);1H;/t29-,31-,35+,37-,45-;23-,25-,29+,31-,38-;;;/m11.../s1/i;;;1D;. The van der Waals surface area contributed by atoms with E-state index in [1.165, 1.54) is 22.0 Å². The van der Waals surface area contributed by atoms with E-state index in [4.69, 9.17) is 44.9 Å². The number of amides is 7. The Labute approximate surface area is 749 Å². The number of methoxy groups -OCH3 is 2. The number of hydrogen-bond donors (Lipinski definition) is 7. The Bertz CT molecular complexity index is 5170. The summed E-state index contributed by atoms with van der Waals surface area (Å²) in [6.45, 7) is 36.5. The van der Waals surface area contributed by atoms with Gasteiger partial charge in [-0.25, -0.2) is 46.3 Å². The van der Waals surface area contributed by atoms with Crippen molar-refractivity contribution >= 4 is 97.9 Å². The second-order valence-electron chi connectivity index (χ2n) is 37.7. The van der Waals surface area contributed by atoms with Gasteiger partial charge in [0, 0.05) is 110 Å². The predicted molar refractivity (Wildman–Crippen MR) is 468 cm³/mol. The molecule has 0 bridgehead atoms. The van der Waals surface area contributed by atoms with Crippen LogP contribution in [-0.2, 0) is 58.3 Å². The van der Waals surface area contributed by atoms with Crippen molar-refractivity contribution in [1.82, 2.24) is 45.8 Å². The molecule has 6 fully saturated rings. The van der Waals surface area contributed by atoms with Gasteiger partial charge in [0.25, 0.3) is 5.91 Å². The smallest absolute Gasteiger partial charge is 0.408 e. The number of aromatic nitrogens is 2. The SMILES string of the molecule is C=C[C@@H]1C[C@]1(NC(=O)[C@@H]1C[C@@H](Oc2cc(-c3ccccc3)nc3cc(OC)ccc23)CN1C(=O)[C@@H](NC(=O)OC(C)(C)C)C(C)(C)C)C(=O)NS(=O)(=O)C1(CC(C)C)CC1.C=C[C@@H]1C[C@]1(NC(=O)[C@@H]1C[C@@H](Oc2cc(-c3ccccc3)nc3cc(OC)ccc23)CN1C(=O)[C@@H](NC(=O)OC(C)(C)C)C(C)(C)C)C(=O)O.CC(C)CC1(S(N)(=O)=O)CC1.[2H][B].[U]. The van der Waals surface area contributed by atoms with E-state index < -0.39 is 159 Å². The number of pyridine rings is 2. The fraction of sp³-hybridized carbons (Fsp3) is 0.533. The molecule has 12 rings (SSSR count). The van der Waals surface area contributed by atoms with Crippen molar-refractivity contribution in [1.29, 1.82) is 1.34 Å². The van der Waals surface area contributed by atoms with Crippen molar-refractivity contribution in [3.63, 3.8) is 0 Å². The number of hydrogen-bond acceptors (Lipinski definition) is 20. The minimum Gasteiger partial charge on any atom is -0.497 e. The predicted octanol–water partition coefficient (Wildman–Crippen LogP) is 11.8. The van der Waals surface area contributed by atoms with Gasteiger partial charge >= 0.3 is 18.2 Å². The molecule has 2 radical (unpaired) electrons. The molecule has 10 atom stereocenters. The Morgan fingerprint density at radius 2 is 0.943 bits per heavy atom. The third kappa shape index (κ3) is 23.6. The Morgan fingerprint density at radius 3 is 1.25 bits per heavy atom. The van der Waals surface area contributed by atoms with Crippen LogP contribution in [0.1, 0.15) is 175 Å². The second-order valence-corrected chi connectivity index (χ2v) is 41.8. The second kappa shape index (κ2) is 38.3. The van der Waals surface area contributed by atoms with Crippen LogP contribution in [-0.4, -0.2) is 195 Å². The number of carbonyl (C=O) groups is 8. The molecule has 4 aliphatic carbocycles. The number of sulfonamides is 2. The molecule has 0 unspecified atom stereocenters. The van der Waals surface area contributed by atoms with Gasteiger partial charge in [0.1, 0.15) is 81.7 Å². The fourth-order valence-corrected chi connectivity index (χ4v) is 18.9. The maximum absolute atomic E-state index is 14.8. The molecule has 4 saturated carbocycles. The van der Waals surface area contributed by atoms with E-state index in [1.807, 2.05) is 119 Å². The molecule has 6 aliphatic rings. The fourth-order valence-electron chi connectivity index (χ4n) is 15.8. The number of carbonyl (C=O) groups excluding carboxylic acids is 7. The number of alkyl carbamates (subject to hydrolysis) is 2. The Balaban J connectivity index is 0.000000269. The van der Waals surface area contributed by atoms with E-state index >= 15 is 0 Å². The summed E-state index contributed by atoms with van der Waals surface area (Å²) < 4.78 is 90.6. The normalized spacial score (nSPS) is 22.2. The molecule has 2 aliphatic heterocycles. The molecule has 4 heterocycles. The first kappa shape index (κ1) is 97.5. The number of nitrogens with two attached hydrogens (primary N) is 1. The summed E-state index contributed by atoms with van der Waals surface area (Å²) in [7, 11) is -0.467. The van der Waals surface area contributed by atoms with E-state index in [1.54, 1.807) is 116 Å². The number of likely N-dealkylation sites (tertiary alicyclic amines) is 2. The molecule has 664 valence electrons. The van der Waals surface area contributed by atoms with Crippen molar-refractivity contribution in [3.05, 3.63) is 135 Å². The summed E-state index contributed by atoms with van der Waals surface area (Å²) in [6, 6.07) is 29.2. The number of rotatable bonds is 27. The summed E-state index contributed by atoms with van der Waals surface area (Å²) in [6.07, 6.45) is 3.93. The zero-order valence-electron chi connectivity index (χ0n) is 74.8. The van der Waals surface area contributed by atoms with Gasteiger partial charge < -0.3 is 64.6 Å². The van der Waals surface area contributed by atoms with Crippen molar-refractivity contribution in [3.8, 4) is 45.5 Å². The third-order valence-corrected chi connectivity index (χ3v) is 26.5. The molecule has 8 N–H and O–H groups in total. The molecular weight excluding hydrogens is 1840 g/mol. The quantitative estimate of drug-likeness (QED) is 0.0186. The summed E-state index contributed by atoms with van der Waals surface area (Å²) in [5.74, 6) is -2.73. The molecule has 7 amide bonds. The first-order chi connectivity index (χ1) is 57.3. The van der Waals surface area contributed by atoms with Crippen LogP contribution in [0, 0.1) is 65.6 Å². The maximum atomic E-state index is 14.8. The van der Waals surface area contributed by atoms with E-state index in [0.717, 1.165) is 24.0 Å². The van der Waals surface area contributed by atoms with Crippen LogP contribution >= 0.6 is 0 Å². The van der Waals surface area contributed by atoms with E-state index in [0.29, 0.717) is 87.8 Å². The largest absolute Gasteiger partial charge is 0.497 e. The number of aliphatic carboxylic acids is 1. The third-order valence-electron chi connectivity index (χ3n) is 22.6. The zero-order valence-corrected chi connectivity index (χ0v) is 79.6. The van der Waals surface area contributed by atoms with Gasteiger partial charge in [-0.15, -0.1) is 13.2 Å². The maximum Gasteiger partial charge on any atom is 0.408 e. The van der Waals surface area contributed by atoms with E-state index in [2.05, 4.69) is 47.5 Å². The summed E-state index contributed by atoms with van der Waals surface area (Å²) in [5, 5.41) is 27.5. The first-order valence-corrected chi connectivity index (χ1v) is 44.1. The van der Waals surface area contributed by atoms with Crippen LogP contribution in [0.3, 0.4) is 0 Å². The van der Waals surface area contributed by atoms with Gasteiger partial charge in [-0.05, 0) is 141 Å². The Hall–Kier alpha value is -9.28. The van der Waals surface area contributed by atoms with Gasteiger partial charge in [-0.1, -0.05) is 142 Å². The van der Waals surface area contributed by atoms with Crippen LogP contribution in [0.2, 0.25) is 0 Å². The molecule has 123 heavy (non-hydrogen) atoms. The van der Waals surface area contributed by atoms with Gasteiger partial charge in [0.2, 0.25) is 43.7 Å². The number of nitrogens with zero attached hydrogens (tertiary/aromatic N) is 4. The van der Waals surface area contributed by atoms with E-state index in [-0.39, 0.29) is 75.8 Å². The van der Waals surface area contributed by atoms with E-state index in [9.17, 15) is 60.3 Å². The minimum absolute atomic E-state index is 0. The van der Waals surface area contributed by atoms with Crippen LogP contribution in [0.4, 0.5) is 9.59 Å². The molecule has 6 aromatic rings. The minimum atomic E-state index is -4.07. The van der Waals surface area contributed by atoms with Gasteiger partial charge in [-0.3, -0.25) is 28.7 Å². The first-order valence-electron chi connectivity index (χ1n) is 41.7. The van der Waals surface area contributed by atoms with Crippen LogP contribution in [0.5, 0.6) is 23.0 Å². The molecule has 2 aromatic heterocycles. The molecule has 2 saturated heterocycles. The number of fused-ring (bicyclic) bond motifs is 2. The van der Waals surface area contributed by atoms with Crippen LogP contribution < -0.4 is 50.1 Å². The van der Waals surface area contributed by atoms with Crippen LogP contribution in [0.25, 0.3) is 44.3 Å². The van der Waals surface area contributed by atoms with Gasteiger partial charge in [0.15, 0.2) is 0 Å². The Kier molecular flexibility index (Phi) is 30.3. The zero-order chi connectivity index (χ0) is 91.3. The summed E-state index contributed by atoms with van der Waals surface area (Å²) >= 11 is 0. The van der Waals surface area contributed by atoms with Crippen molar-refractivity contribution in [2.24, 2.45) is 39.6 Å². The van der Waals surface area contributed by atoms with Crippen molar-refractivity contribution < 1.29 is 120 Å². The number of ether oxygens (including phenoxy) is 6. The molecule has 4 aromatic carbocycles. The topological polar surface area (TPSA) is 399 Å². The Morgan fingerprint density at radius 1 is 0.577 bits per heavy atom. The van der Waals surface area contributed by atoms with Crippen LogP contribution in [0.15, 0.2) is 135 Å². The summed E-state index contributed by atoms with van der Waals surface area (Å²) in [5.41, 5.74) is -2.15. The molecule has 33 heteroatoms. The average Bonchev–Trinajstić information content (AvgIpc) is 1.56. The monoisotopic (exact) mass is 1960 g/mol. The average molecular weight is 1960 g/mol. The number of nitrogens with one attached hydrogen (secondary N) is 5. The molecule has 0 spiro atoms. The number of primary sulfonamides is 1. The van der Waals surface area contributed by atoms with Crippen molar-refractivity contribution in [2.75, 3.05) is 27.3 Å². The van der Waals surface area contributed by atoms with Gasteiger partial charge in [-0.2, -0.15) is 0 Å².